The summed E-state index contributed by atoms with van der Waals surface area (Å²) in [7, 11) is 0. The first kappa shape index (κ1) is 14.4. The minimum atomic E-state index is -0.184. The first-order valence-electron chi connectivity index (χ1n) is 7.73. The molecule has 0 spiro atoms. The van der Waals surface area contributed by atoms with Crippen molar-refractivity contribution in [3.8, 4) is 0 Å². The smallest absolute Gasteiger partial charge is 0.239 e. The Morgan fingerprint density at radius 1 is 1.52 bits per heavy atom. The number of anilines is 1. The van der Waals surface area contributed by atoms with Crippen LogP contribution in [0.3, 0.4) is 0 Å². The lowest BCUT2D eigenvalue weighted by Gasteiger charge is -2.34. The Morgan fingerprint density at radius 2 is 2.43 bits per heavy atom. The molecule has 1 atom stereocenters. The fourth-order valence-corrected chi connectivity index (χ4v) is 3.12. The second kappa shape index (κ2) is 6.45. The van der Waals surface area contributed by atoms with Crippen LogP contribution in [0, 0.1) is 0 Å². The molecule has 1 unspecified atom stereocenters. The van der Waals surface area contributed by atoms with E-state index in [-0.39, 0.29) is 11.9 Å². The monoisotopic (exact) mass is 289 g/mol. The summed E-state index contributed by atoms with van der Waals surface area (Å²) in [5.41, 5.74) is 3.93. The van der Waals surface area contributed by atoms with Gasteiger partial charge in [-0.3, -0.25) is 9.69 Å². The molecular formula is C16H23N3O2. The molecule has 114 valence electrons. The Kier molecular flexibility index (Phi) is 4.41. The van der Waals surface area contributed by atoms with E-state index in [1.54, 1.807) is 0 Å². The van der Waals surface area contributed by atoms with E-state index in [2.05, 4.69) is 33.7 Å². The number of nitrogens with one attached hydrogen (secondary N) is 2. The van der Waals surface area contributed by atoms with Gasteiger partial charge in [-0.25, -0.2) is 0 Å². The first-order valence-corrected chi connectivity index (χ1v) is 7.73. The molecule has 3 rings (SSSR count). The Bertz CT molecular complexity index is 518. The van der Waals surface area contributed by atoms with Gasteiger partial charge < -0.3 is 15.4 Å². The van der Waals surface area contributed by atoms with E-state index in [4.69, 9.17) is 4.74 Å². The fourth-order valence-electron chi connectivity index (χ4n) is 3.12. The Morgan fingerprint density at radius 3 is 3.29 bits per heavy atom. The molecule has 2 aliphatic heterocycles. The highest BCUT2D eigenvalue weighted by Crippen LogP contribution is 2.28. The lowest BCUT2D eigenvalue weighted by molar-refractivity contribution is -0.132. The van der Waals surface area contributed by atoms with E-state index in [0.717, 1.165) is 26.1 Å². The van der Waals surface area contributed by atoms with Crippen LogP contribution < -0.4 is 10.6 Å². The van der Waals surface area contributed by atoms with E-state index in [1.807, 2.05) is 6.92 Å². The van der Waals surface area contributed by atoms with Gasteiger partial charge in [0.2, 0.25) is 5.91 Å². The molecule has 2 heterocycles. The van der Waals surface area contributed by atoms with Gasteiger partial charge in [-0.05, 0) is 24.5 Å². The molecule has 1 aromatic rings. The molecule has 2 aliphatic rings. The molecule has 1 amide bonds. The third-order valence-corrected chi connectivity index (χ3v) is 4.20. The van der Waals surface area contributed by atoms with E-state index < -0.39 is 0 Å². The number of likely N-dealkylation sites (N-methyl/N-ethyl adjacent to an activating group) is 1. The number of nitrogens with zero attached hydrogens (tertiary/aromatic N) is 1. The summed E-state index contributed by atoms with van der Waals surface area (Å²) >= 11 is 0. The van der Waals surface area contributed by atoms with Crippen molar-refractivity contribution in [1.82, 2.24) is 10.2 Å². The zero-order valence-electron chi connectivity index (χ0n) is 12.5. The predicted molar refractivity (Wildman–Crippen MR) is 82.3 cm³/mol. The molecule has 1 saturated heterocycles. The van der Waals surface area contributed by atoms with Crippen LogP contribution >= 0.6 is 0 Å². The van der Waals surface area contributed by atoms with Gasteiger partial charge in [0.05, 0.1) is 13.2 Å². The average Bonchev–Trinajstić information content (AvgIpc) is 2.97. The van der Waals surface area contributed by atoms with Gasteiger partial charge in [-0.15, -0.1) is 0 Å². The molecule has 2 N–H and O–H groups in total. The van der Waals surface area contributed by atoms with E-state index in [0.29, 0.717) is 19.8 Å². The third kappa shape index (κ3) is 3.04. The van der Waals surface area contributed by atoms with Crippen molar-refractivity contribution in [3.05, 3.63) is 29.3 Å². The molecule has 5 heteroatoms. The van der Waals surface area contributed by atoms with E-state index >= 15 is 0 Å². The number of para-hydroxylation sites is 1. The van der Waals surface area contributed by atoms with Crippen molar-refractivity contribution in [2.45, 2.75) is 25.9 Å². The summed E-state index contributed by atoms with van der Waals surface area (Å²) in [6.07, 6.45) is 1.09. The summed E-state index contributed by atoms with van der Waals surface area (Å²) in [5.74, 6) is 0.0673. The zero-order valence-corrected chi connectivity index (χ0v) is 12.5. The second-order valence-corrected chi connectivity index (χ2v) is 5.58. The number of morpholine rings is 1. The molecule has 5 nitrogen and oxygen atoms in total. The van der Waals surface area contributed by atoms with Gasteiger partial charge in [-0.2, -0.15) is 0 Å². The quantitative estimate of drug-likeness (QED) is 0.868. The summed E-state index contributed by atoms with van der Waals surface area (Å²) < 4.78 is 5.49. The van der Waals surface area contributed by atoms with E-state index in [9.17, 15) is 4.79 Å². The lowest BCUT2D eigenvalue weighted by Crippen LogP contribution is -2.53. The minimum absolute atomic E-state index is 0.0673. The fraction of sp³-hybridized carbons (Fsp3) is 0.562. The van der Waals surface area contributed by atoms with Crippen LogP contribution in [0.2, 0.25) is 0 Å². The number of rotatable bonds is 4. The second-order valence-electron chi connectivity index (χ2n) is 5.58. The largest absolute Gasteiger partial charge is 0.384 e. The minimum Gasteiger partial charge on any atom is -0.384 e. The number of carbonyl (C=O) groups is 1. The maximum absolute atomic E-state index is 12.2. The zero-order chi connectivity index (χ0) is 14.7. The van der Waals surface area contributed by atoms with Gasteiger partial charge in [0.1, 0.15) is 6.04 Å². The highest BCUT2D eigenvalue weighted by atomic mass is 16.5. The molecule has 21 heavy (non-hydrogen) atoms. The normalized spacial score (nSPS) is 21.7. The number of amides is 1. The molecule has 0 aliphatic carbocycles. The average molecular weight is 289 g/mol. The van der Waals surface area contributed by atoms with Gasteiger partial charge in [0.15, 0.2) is 0 Å². The Labute approximate surface area is 125 Å². The highest BCUT2D eigenvalue weighted by Gasteiger charge is 2.29. The standard InChI is InChI=1S/C16H23N3O2/c1-2-17-16(20)14-11-21-9-8-19(14)10-13-5-3-4-12-6-7-18-15(12)13/h3-5,14,18H,2,6-11H2,1H3,(H,17,20). The number of hydrogen-bond donors (Lipinski definition) is 2. The number of fused-ring (bicyclic) bond motifs is 1. The molecule has 0 radical (unpaired) electrons. The van der Waals surface area contributed by atoms with Crippen LogP contribution in [0.1, 0.15) is 18.1 Å². The molecule has 0 saturated carbocycles. The predicted octanol–water partition coefficient (Wildman–Crippen LogP) is 0.992. The number of hydrogen-bond acceptors (Lipinski definition) is 4. The van der Waals surface area contributed by atoms with Crippen LogP contribution in [0.15, 0.2) is 18.2 Å². The van der Waals surface area contributed by atoms with Crippen LogP contribution in [-0.4, -0.2) is 49.7 Å². The SMILES string of the molecule is CCNC(=O)C1COCCN1Cc1cccc2c1NCC2. The van der Waals surface area contributed by atoms with Crippen molar-refractivity contribution in [2.24, 2.45) is 0 Å². The van der Waals surface area contributed by atoms with Gasteiger partial charge >= 0.3 is 0 Å². The molecule has 1 aromatic carbocycles. The van der Waals surface area contributed by atoms with Crippen molar-refractivity contribution < 1.29 is 9.53 Å². The number of carbonyl (C=O) groups excluding carboxylic acids is 1. The molecule has 1 fully saturated rings. The van der Waals surface area contributed by atoms with Crippen molar-refractivity contribution in [1.29, 1.82) is 0 Å². The van der Waals surface area contributed by atoms with Gasteiger partial charge in [0, 0.05) is 31.9 Å². The molecular weight excluding hydrogens is 266 g/mol. The maximum atomic E-state index is 12.2. The first-order chi connectivity index (χ1) is 10.3. The van der Waals surface area contributed by atoms with Crippen molar-refractivity contribution in [2.75, 3.05) is 38.2 Å². The van der Waals surface area contributed by atoms with Crippen molar-refractivity contribution in [3.63, 3.8) is 0 Å². The van der Waals surface area contributed by atoms with Gasteiger partial charge in [-0.1, -0.05) is 18.2 Å². The highest BCUT2D eigenvalue weighted by molar-refractivity contribution is 5.82. The summed E-state index contributed by atoms with van der Waals surface area (Å²) in [4.78, 5) is 14.4. The third-order valence-electron chi connectivity index (χ3n) is 4.20. The molecule has 0 aromatic heterocycles. The lowest BCUT2D eigenvalue weighted by atomic mass is 10.1. The van der Waals surface area contributed by atoms with Crippen LogP contribution in [-0.2, 0) is 22.5 Å². The molecule has 0 bridgehead atoms. The topological polar surface area (TPSA) is 53.6 Å². The van der Waals surface area contributed by atoms with Crippen LogP contribution in [0.4, 0.5) is 5.69 Å². The van der Waals surface area contributed by atoms with Crippen molar-refractivity contribution >= 4 is 11.6 Å². The maximum Gasteiger partial charge on any atom is 0.239 e. The number of benzene rings is 1. The van der Waals surface area contributed by atoms with Gasteiger partial charge in [0.25, 0.3) is 0 Å². The Balaban J connectivity index is 1.76. The van der Waals surface area contributed by atoms with Crippen LogP contribution in [0.5, 0.6) is 0 Å². The Hall–Kier alpha value is -1.59. The van der Waals surface area contributed by atoms with E-state index in [1.165, 1.54) is 16.8 Å². The summed E-state index contributed by atoms with van der Waals surface area (Å²) in [6.45, 7) is 6.38. The summed E-state index contributed by atoms with van der Waals surface area (Å²) in [5, 5.41) is 6.38. The van der Waals surface area contributed by atoms with Crippen LogP contribution in [0.25, 0.3) is 0 Å². The number of ether oxygens (including phenoxy) is 1. The summed E-state index contributed by atoms with van der Waals surface area (Å²) in [6, 6.07) is 6.26.